The Labute approximate surface area is 192 Å². The number of aromatic nitrogens is 3. The van der Waals surface area contributed by atoms with E-state index in [9.17, 15) is 14.9 Å². The average molecular weight is 452 g/mol. The highest BCUT2D eigenvalue weighted by Gasteiger charge is 2.20. The second-order valence-electron chi connectivity index (χ2n) is 7.58. The molecule has 1 unspecified atom stereocenters. The highest BCUT2D eigenvalue weighted by molar-refractivity contribution is 6.05. The lowest BCUT2D eigenvalue weighted by Crippen LogP contribution is -2.27. The minimum atomic E-state index is -0.504. The molecule has 0 bridgehead atoms. The molecule has 0 radical (unpaired) electrons. The number of benzene rings is 1. The predicted molar refractivity (Wildman–Crippen MR) is 127 cm³/mol. The van der Waals surface area contributed by atoms with Gasteiger partial charge in [-0.2, -0.15) is 5.10 Å². The van der Waals surface area contributed by atoms with E-state index in [1.807, 2.05) is 19.1 Å². The molecule has 10 heteroatoms. The Morgan fingerprint density at radius 1 is 1.24 bits per heavy atom. The third kappa shape index (κ3) is 6.36. The van der Waals surface area contributed by atoms with Gasteiger partial charge < -0.3 is 15.5 Å². The SMILES string of the molecule is CCN(CC)CCn1cc(NC(=O)c2ccc(NC(C)c3ccccn3)c([N+](=O)[O-])c2)cn1. The zero-order valence-corrected chi connectivity index (χ0v) is 19.1. The largest absolute Gasteiger partial charge is 0.371 e. The summed E-state index contributed by atoms with van der Waals surface area (Å²) in [5.41, 5.74) is 1.62. The first-order chi connectivity index (χ1) is 15.9. The number of nitrogens with one attached hydrogen (secondary N) is 2. The van der Waals surface area contributed by atoms with E-state index in [1.165, 1.54) is 6.07 Å². The number of nitrogens with zero attached hydrogens (tertiary/aromatic N) is 5. The van der Waals surface area contributed by atoms with Crippen molar-refractivity contribution in [2.24, 2.45) is 0 Å². The average Bonchev–Trinajstić information content (AvgIpc) is 3.27. The smallest absolute Gasteiger partial charge is 0.293 e. The predicted octanol–water partition coefficient (Wildman–Crippen LogP) is 3.95. The Kier molecular flexibility index (Phi) is 8.09. The third-order valence-corrected chi connectivity index (χ3v) is 5.39. The summed E-state index contributed by atoms with van der Waals surface area (Å²) >= 11 is 0. The Hall–Kier alpha value is -3.79. The zero-order chi connectivity index (χ0) is 23.8. The van der Waals surface area contributed by atoms with Crippen LogP contribution < -0.4 is 10.6 Å². The van der Waals surface area contributed by atoms with Gasteiger partial charge in [0, 0.05) is 30.6 Å². The van der Waals surface area contributed by atoms with E-state index >= 15 is 0 Å². The van der Waals surface area contributed by atoms with Crippen molar-refractivity contribution in [3.05, 3.63) is 76.4 Å². The van der Waals surface area contributed by atoms with E-state index < -0.39 is 10.8 Å². The van der Waals surface area contributed by atoms with Gasteiger partial charge in [-0.25, -0.2) is 0 Å². The number of hydrogen-bond donors (Lipinski definition) is 2. The lowest BCUT2D eigenvalue weighted by Gasteiger charge is -2.17. The number of likely N-dealkylation sites (N-methyl/N-ethyl adjacent to an activating group) is 1. The second kappa shape index (κ2) is 11.2. The molecule has 0 fully saturated rings. The molecule has 3 aromatic rings. The Bertz CT molecular complexity index is 1080. The van der Waals surface area contributed by atoms with Crippen LogP contribution in [-0.2, 0) is 6.54 Å². The van der Waals surface area contributed by atoms with E-state index in [4.69, 9.17) is 0 Å². The van der Waals surface area contributed by atoms with Crippen LogP contribution in [0.15, 0.2) is 55.0 Å². The summed E-state index contributed by atoms with van der Waals surface area (Å²) in [6.45, 7) is 9.58. The van der Waals surface area contributed by atoms with Gasteiger partial charge in [0.2, 0.25) is 0 Å². The van der Waals surface area contributed by atoms with Crippen LogP contribution in [0.3, 0.4) is 0 Å². The number of nitro groups is 1. The minimum absolute atomic E-state index is 0.180. The van der Waals surface area contributed by atoms with Crippen LogP contribution in [0, 0.1) is 10.1 Å². The third-order valence-electron chi connectivity index (χ3n) is 5.39. The number of carbonyl (C=O) groups excluding carboxylic acids is 1. The number of nitro benzene ring substituents is 1. The molecule has 1 atom stereocenters. The molecule has 3 rings (SSSR count). The van der Waals surface area contributed by atoms with Gasteiger partial charge in [0.1, 0.15) is 5.69 Å². The summed E-state index contributed by atoms with van der Waals surface area (Å²) in [5, 5.41) is 21.8. The number of amides is 1. The van der Waals surface area contributed by atoms with Crippen molar-refractivity contribution < 1.29 is 9.72 Å². The first kappa shape index (κ1) is 23.9. The Morgan fingerprint density at radius 2 is 2.03 bits per heavy atom. The normalized spacial score (nSPS) is 11.9. The molecule has 33 heavy (non-hydrogen) atoms. The van der Waals surface area contributed by atoms with Crippen LogP contribution >= 0.6 is 0 Å². The van der Waals surface area contributed by atoms with Gasteiger partial charge in [-0.1, -0.05) is 19.9 Å². The summed E-state index contributed by atoms with van der Waals surface area (Å²) < 4.78 is 1.77. The monoisotopic (exact) mass is 451 g/mol. The number of hydrogen-bond acceptors (Lipinski definition) is 7. The summed E-state index contributed by atoms with van der Waals surface area (Å²) in [6.07, 6.45) is 4.99. The molecule has 2 aromatic heterocycles. The quantitative estimate of drug-likeness (QED) is 0.335. The maximum Gasteiger partial charge on any atom is 0.293 e. The van der Waals surface area contributed by atoms with Crippen molar-refractivity contribution >= 4 is 23.0 Å². The molecule has 0 aliphatic heterocycles. The van der Waals surface area contributed by atoms with Crippen molar-refractivity contribution in [1.29, 1.82) is 0 Å². The number of pyridine rings is 1. The Morgan fingerprint density at radius 3 is 2.70 bits per heavy atom. The molecule has 0 spiro atoms. The van der Waals surface area contributed by atoms with Gasteiger partial charge in [0.25, 0.3) is 11.6 Å². The van der Waals surface area contributed by atoms with E-state index in [1.54, 1.807) is 41.5 Å². The lowest BCUT2D eigenvalue weighted by molar-refractivity contribution is -0.384. The van der Waals surface area contributed by atoms with Crippen molar-refractivity contribution in [1.82, 2.24) is 19.7 Å². The van der Waals surface area contributed by atoms with Crippen molar-refractivity contribution in [3.8, 4) is 0 Å². The molecule has 0 aliphatic rings. The molecule has 1 amide bonds. The molecule has 0 saturated heterocycles. The fraction of sp³-hybridized carbons (Fsp3) is 0.348. The van der Waals surface area contributed by atoms with Crippen LogP contribution in [0.2, 0.25) is 0 Å². The maximum atomic E-state index is 12.7. The van der Waals surface area contributed by atoms with Gasteiger partial charge >= 0.3 is 0 Å². The van der Waals surface area contributed by atoms with Gasteiger partial charge in [-0.15, -0.1) is 0 Å². The highest BCUT2D eigenvalue weighted by Crippen LogP contribution is 2.29. The lowest BCUT2D eigenvalue weighted by atomic mass is 10.1. The van der Waals surface area contributed by atoms with E-state index in [-0.39, 0.29) is 17.3 Å². The number of rotatable bonds is 11. The fourth-order valence-corrected chi connectivity index (χ4v) is 3.42. The summed E-state index contributed by atoms with van der Waals surface area (Å²) in [6, 6.07) is 9.63. The van der Waals surface area contributed by atoms with Gasteiger partial charge in [0.15, 0.2) is 0 Å². The molecular formula is C23H29N7O3. The van der Waals surface area contributed by atoms with Crippen LogP contribution in [0.1, 0.15) is 42.9 Å². The van der Waals surface area contributed by atoms with Gasteiger partial charge in [0.05, 0.1) is 35.1 Å². The van der Waals surface area contributed by atoms with Gasteiger partial charge in [-0.05, 0) is 44.3 Å². The summed E-state index contributed by atoms with van der Waals surface area (Å²) in [5.74, 6) is -0.439. The van der Waals surface area contributed by atoms with Crippen molar-refractivity contribution in [2.45, 2.75) is 33.4 Å². The molecule has 1 aromatic carbocycles. The molecule has 0 saturated carbocycles. The molecular weight excluding hydrogens is 422 g/mol. The molecule has 0 aliphatic carbocycles. The maximum absolute atomic E-state index is 12.7. The van der Waals surface area contributed by atoms with Crippen LogP contribution in [0.25, 0.3) is 0 Å². The topological polar surface area (TPSA) is 118 Å². The fourth-order valence-electron chi connectivity index (χ4n) is 3.42. The highest BCUT2D eigenvalue weighted by atomic mass is 16.6. The van der Waals surface area contributed by atoms with Crippen molar-refractivity contribution in [2.75, 3.05) is 30.3 Å². The zero-order valence-electron chi connectivity index (χ0n) is 19.1. The molecule has 174 valence electrons. The number of anilines is 2. The van der Waals surface area contributed by atoms with E-state index in [0.717, 1.165) is 25.3 Å². The standard InChI is InChI=1S/C23H29N7O3/c1-4-28(5-2)12-13-29-16-19(15-25-29)27-23(31)18-9-10-21(22(14-18)30(32)33)26-17(3)20-8-6-7-11-24-20/h6-11,14-17,26H,4-5,12-13H2,1-3H3,(H,27,31). The minimum Gasteiger partial charge on any atom is -0.371 e. The summed E-state index contributed by atoms with van der Waals surface area (Å²) in [4.78, 5) is 30.4. The first-order valence-electron chi connectivity index (χ1n) is 10.9. The van der Waals surface area contributed by atoms with E-state index in [0.29, 0.717) is 17.9 Å². The van der Waals surface area contributed by atoms with Crippen molar-refractivity contribution in [3.63, 3.8) is 0 Å². The molecule has 2 N–H and O–H groups in total. The summed E-state index contributed by atoms with van der Waals surface area (Å²) in [7, 11) is 0. The van der Waals surface area contributed by atoms with Crippen LogP contribution in [0.4, 0.5) is 17.1 Å². The number of carbonyl (C=O) groups is 1. The first-order valence-corrected chi connectivity index (χ1v) is 10.9. The molecule has 10 nitrogen and oxygen atoms in total. The van der Waals surface area contributed by atoms with Crippen LogP contribution in [0.5, 0.6) is 0 Å². The Balaban J connectivity index is 1.68. The second-order valence-corrected chi connectivity index (χ2v) is 7.58. The molecule has 2 heterocycles. The van der Waals surface area contributed by atoms with Crippen LogP contribution in [-0.4, -0.2) is 50.1 Å². The van der Waals surface area contributed by atoms with Gasteiger partial charge in [-0.3, -0.25) is 24.6 Å². The van der Waals surface area contributed by atoms with E-state index in [2.05, 4.69) is 39.5 Å².